The van der Waals surface area contributed by atoms with Gasteiger partial charge in [-0.2, -0.15) is 0 Å². The molecule has 142 valence electrons. The van der Waals surface area contributed by atoms with Gasteiger partial charge in [-0.3, -0.25) is 0 Å². The van der Waals surface area contributed by atoms with E-state index in [-0.39, 0.29) is 5.75 Å². The molecule has 2 aromatic carbocycles. The maximum atomic E-state index is 13.0. The molecule has 0 aliphatic heterocycles. The van der Waals surface area contributed by atoms with E-state index in [2.05, 4.69) is 0 Å². The first-order valence-corrected chi connectivity index (χ1v) is 11.3. The van der Waals surface area contributed by atoms with Crippen molar-refractivity contribution in [3.8, 4) is 0 Å². The summed E-state index contributed by atoms with van der Waals surface area (Å²) in [4.78, 5) is 12.0. The number of hydrogen-bond donors (Lipinski definition) is 0. The molecule has 0 unspecified atom stereocenters. The Kier molecular flexibility index (Phi) is 5.89. The lowest BCUT2D eigenvalue weighted by atomic mass is 10.1. The molecule has 0 saturated carbocycles. The number of carbonyl (C=O) groups excluding carboxylic acids is 1. The second kappa shape index (κ2) is 8.00. The van der Waals surface area contributed by atoms with Crippen LogP contribution < -0.4 is 0 Å². The Morgan fingerprint density at radius 1 is 1.19 bits per heavy atom. The minimum atomic E-state index is -3.55. The Balaban J connectivity index is 1.91. The molecule has 0 atom stereocenters. The Morgan fingerprint density at radius 3 is 2.70 bits per heavy atom. The van der Waals surface area contributed by atoms with Gasteiger partial charge in [0.25, 0.3) is 0 Å². The number of fused-ring (bicyclic) bond motifs is 1. The Labute approximate surface area is 167 Å². The fourth-order valence-electron chi connectivity index (χ4n) is 2.82. The molecule has 3 rings (SSSR count). The number of halogens is 1. The van der Waals surface area contributed by atoms with Crippen LogP contribution in [0.15, 0.2) is 46.7 Å². The molecule has 3 aromatic rings. The summed E-state index contributed by atoms with van der Waals surface area (Å²) in [5.41, 5.74) is 1.61. The lowest BCUT2D eigenvalue weighted by Gasteiger charge is -2.07. The number of ether oxygens (including phenoxy) is 1. The van der Waals surface area contributed by atoms with Crippen LogP contribution in [0, 0.1) is 6.92 Å². The van der Waals surface area contributed by atoms with Gasteiger partial charge >= 0.3 is 5.97 Å². The van der Waals surface area contributed by atoms with E-state index >= 15 is 0 Å². The van der Waals surface area contributed by atoms with E-state index < -0.39 is 15.8 Å². The summed E-state index contributed by atoms with van der Waals surface area (Å²) >= 11 is 7.28. The summed E-state index contributed by atoms with van der Waals surface area (Å²) in [6.45, 7) is 4.04. The third kappa shape index (κ3) is 4.34. The predicted octanol–water partition coefficient (Wildman–Crippen LogP) is 5.40. The summed E-state index contributed by atoms with van der Waals surface area (Å²) in [7, 11) is -3.55. The van der Waals surface area contributed by atoms with Gasteiger partial charge < -0.3 is 4.74 Å². The number of esters is 1. The van der Waals surface area contributed by atoms with Crippen molar-refractivity contribution in [1.29, 1.82) is 0 Å². The number of aryl methyl sites for hydroxylation is 1. The normalized spacial score (nSPS) is 11.7. The van der Waals surface area contributed by atoms with Gasteiger partial charge in [-0.1, -0.05) is 30.7 Å². The molecule has 0 spiro atoms. The minimum Gasteiger partial charge on any atom is -0.462 e. The van der Waals surface area contributed by atoms with Crippen LogP contribution in [-0.4, -0.2) is 21.0 Å². The fraction of sp³-hybridized carbons (Fsp3) is 0.250. The summed E-state index contributed by atoms with van der Waals surface area (Å²) in [5, 5.41) is 1.42. The SMILES string of the molecule is CCCOC(=O)c1cccc(CS(=O)(=O)c2sc3ccc(Cl)cc3c2C)c1. The molecule has 0 fully saturated rings. The van der Waals surface area contributed by atoms with Gasteiger partial charge in [0.1, 0.15) is 4.21 Å². The van der Waals surface area contributed by atoms with Crippen LogP contribution in [0.1, 0.15) is 34.8 Å². The highest BCUT2D eigenvalue weighted by molar-refractivity contribution is 7.93. The summed E-state index contributed by atoms with van der Waals surface area (Å²) in [6, 6.07) is 11.9. The largest absolute Gasteiger partial charge is 0.462 e. The summed E-state index contributed by atoms with van der Waals surface area (Å²) in [5.74, 6) is -0.618. The van der Waals surface area contributed by atoms with Crippen LogP contribution in [0.5, 0.6) is 0 Å². The molecular weight excluding hydrogens is 404 g/mol. The third-order valence-corrected chi connectivity index (χ3v) is 7.99. The van der Waals surface area contributed by atoms with E-state index in [4.69, 9.17) is 16.3 Å². The summed E-state index contributed by atoms with van der Waals surface area (Å²) < 4.78 is 32.3. The lowest BCUT2D eigenvalue weighted by molar-refractivity contribution is 0.0505. The van der Waals surface area contributed by atoms with Crippen LogP contribution in [-0.2, 0) is 20.3 Å². The average Bonchev–Trinajstić information content (AvgIpc) is 2.96. The Hall–Kier alpha value is -1.89. The molecule has 0 N–H and O–H groups in total. The van der Waals surface area contributed by atoms with Crippen molar-refractivity contribution in [1.82, 2.24) is 0 Å². The molecule has 1 heterocycles. The molecule has 1 aromatic heterocycles. The van der Waals surface area contributed by atoms with Crippen LogP contribution in [0.3, 0.4) is 0 Å². The molecule has 4 nitrogen and oxygen atoms in total. The second-order valence-corrected chi connectivity index (χ2v) is 9.92. The van der Waals surface area contributed by atoms with Gasteiger partial charge in [-0.05, 0) is 60.2 Å². The molecule has 27 heavy (non-hydrogen) atoms. The zero-order valence-corrected chi connectivity index (χ0v) is 17.4. The maximum absolute atomic E-state index is 13.0. The van der Waals surface area contributed by atoms with E-state index in [1.165, 1.54) is 11.3 Å². The molecule has 0 aliphatic rings. The van der Waals surface area contributed by atoms with Crippen molar-refractivity contribution in [3.63, 3.8) is 0 Å². The number of thiophene rings is 1. The monoisotopic (exact) mass is 422 g/mol. The van der Waals surface area contributed by atoms with E-state index in [9.17, 15) is 13.2 Å². The van der Waals surface area contributed by atoms with Gasteiger partial charge in [-0.15, -0.1) is 11.3 Å². The van der Waals surface area contributed by atoms with Crippen molar-refractivity contribution in [2.75, 3.05) is 6.61 Å². The standard InChI is InChI=1S/C20H19ClO4S2/c1-3-9-25-19(22)15-6-4-5-14(10-15)12-27(23,24)20-13(2)17-11-16(21)7-8-18(17)26-20/h4-8,10-11H,3,9,12H2,1-2H3. The average molecular weight is 423 g/mol. The molecule has 0 aliphatic carbocycles. The van der Waals surface area contributed by atoms with Crippen LogP contribution >= 0.6 is 22.9 Å². The van der Waals surface area contributed by atoms with Crippen molar-refractivity contribution < 1.29 is 17.9 Å². The Morgan fingerprint density at radius 2 is 1.96 bits per heavy atom. The minimum absolute atomic E-state index is 0.177. The molecule has 0 radical (unpaired) electrons. The highest BCUT2D eigenvalue weighted by atomic mass is 35.5. The zero-order valence-electron chi connectivity index (χ0n) is 15.0. The fourth-order valence-corrected chi connectivity index (χ4v) is 6.19. The predicted molar refractivity (Wildman–Crippen MR) is 109 cm³/mol. The van der Waals surface area contributed by atoms with Gasteiger partial charge in [0.2, 0.25) is 0 Å². The molecular formula is C20H19ClO4S2. The lowest BCUT2D eigenvalue weighted by Crippen LogP contribution is -2.08. The summed E-state index contributed by atoms with van der Waals surface area (Å²) in [6.07, 6.45) is 0.731. The molecule has 0 amide bonds. The molecule has 0 bridgehead atoms. The second-order valence-electron chi connectivity index (χ2n) is 6.25. The molecule has 7 heteroatoms. The molecule has 0 saturated heterocycles. The number of carbonyl (C=O) groups is 1. The van der Waals surface area contributed by atoms with E-state index in [0.717, 1.165) is 16.5 Å². The van der Waals surface area contributed by atoms with Crippen LogP contribution in [0.25, 0.3) is 10.1 Å². The number of sulfone groups is 1. The van der Waals surface area contributed by atoms with Crippen molar-refractivity contribution in [2.24, 2.45) is 0 Å². The highest BCUT2D eigenvalue weighted by Gasteiger charge is 2.23. The first-order chi connectivity index (χ1) is 12.8. The van der Waals surface area contributed by atoms with Crippen molar-refractivity contribution in [2.45, 2.75) is 30.2 Å². The van der Waals surface area contributed by atoms with Crippen LogP contribution in [0.4, 0.5) is 0 Å². The highest BCUT2D eigenvalue weighted by Crippen LogP contribution is 2.36. The quantitative estimate of drug-likeness (QED) is 0.498. The van der Waals surface area contributed by atoms with Gasteiger partial charge in [0.15, 0.2) is 9.84 Å². The zero-order chi connectivity index (χ0) is 19.6. The number of rotatable bonds is 6. The first kappa shape index (κ1) is 19.9. The maximum Gasteiger partial charge on any atom is 0.338 e. The van der Waals surface area contributed by atoms with E-state index in [1.807, 2.05) is 13.0 Å². The first-order valence-electron chi connectivity index (χ1n) is 8.49. The number of hydrogen-bond acceptors (Lipinski definition) is 5. The van der Waals surface area contributed by atoms with Gasteiger partial charge in [0, 0.05) is 9.72 Å². The van der Waals surface area contributed by atoms with Gasteiger partial charge in [0.05, 0.1) is 17.9 Å². The smallest absolute Gasteiger partial charge is 0.338 e. The number of benzene rings is 2. The topological polar surface area (TPSA) is 60.4 Å². The van der Waals surface area contributed by atoms with E-state index in [1.54, 1.807) is 43.3 Å². The Bertz CT molecular complexity index is 1100. The van der Waals surface area contributed by atoms with Crippen molar-refractivity contribution in [3.05, 3.63) is 64.2 Å². The van der Waals surface area contributed by atoms with Crippen LogP contribution in [0.2, 0.25) is 5.02 Å². The third-order valence-electron chi connectivity index (χ3n) is 4.09. The van der Waals surface area contributed by atoms with Gasteiger partial charge in [-0.25, -0.2) is 13.2 Å². The van der Waals surface area contributed by atoms with Crippen molar-refractivity contribution >= 4 is 48.8 Å². The van der Waals surface area contributed by atoms with E-state index in [0.29, 0.717) is 32.5 Å².